The zero-order valence-electron chi connectivity index (χ0n) is 15.4. The minimum Gasteiger partial charge on any atom is -0.301 e. The molecule has 4 rings (SSSR count). The number of carbonyl (C=O) groups excluding carboxylic acids is 1. The standard InChI is InChI=1S/C20H20N4O2S2/c1-12(18(26)24-20-21-14-9-5-6-10-16(14)28-20)27-19-22-15(11-17(25)23-19)13-7-3-2-4-8-13/h2-4,7-8,11-12H,5-6,9-10H2,1H3,(H,21,24,26)(H,22,23,25)/t12-/m0/s1. The Morgan fingerprint density at radius 3 is 2.79 bits per heavy atom. The number of nitrogens with one attached hydrogen (secondary N) is 2. The summed E-state index contributed by atoms with van der Waals surface area (Å²) in [5, 5.41) is 3.57. The van der Waals surface area contributed by atoms with Crippen LogP contribution in [-0.4, -0.2) is 26.1 Å². The van der Waals surface area contributed by atoms with E-state index < -0.39 is 5.25 Å². The lowest BCUT2D eigenvalue weighted by Gasteiger charge is -2.10. The first kappa shape index (κ1) is 18.9. The van der Waals surface area contributed by atoms with Gasteiger partial charge in [0.15, 0.2) is 10.3 Å². The van der Waals surface area contributed by atoms with E-state index in [1.54, 1.807) is 18.3 Å². The number of aromatic amines is 1. The van der Waals surface area contributed by atoms with Crippen molar-refractivity contribution in [3.8, 4) is 11.3 Å². The fraction of sp³-hybridized carbons (Fsp3) is 0.300. The Labute approximate surface area is 170 Å². The van der Waals surface area contributed by atoms with Crippen LogP contribution in [0.4, 0.5) is 5.13 Å². The van der Waals surface area contributed by atoms with Crippen LogP contribution >= 0.6 is 23.1 Å². The molecule has 1 aliphatic rings. The third-order valence-electron chi connectivity index (χ3n) is 4.52. The van der Waals surface area contributed by atoms with Crippen LogP contribution in [0.15, 0.2) is 46.3 Å². The number of H-pyrrole nitrogens is 1. The molecule has 6 nitrogen and oxygen atoms in total. The molecule has 1 aromatic carbocycles. The van der Waals surface area contributed by atoms with Gasteiger partial charge in [-0.3, -0.25) is 9.59 Å². The van der Waals surface area contributed by atoms with Gasteiger partial charge in [0.1, 0.15) is 0 Å². The van der Waals surface area contributed by atoms with Gasteiger partial charge in [0, 0.05) is 16.5 Å². The van der Waals surface area contributed by atoms with Crippen molar-refractivity contribution in [3.05, 3.63) is 57.3 Å². The molecule has 144 valence electrons. The van der Waals surface area contributed by atoms with Crippen LogP contribution in [-0.2, 0) is 17.6 Å². The first-order valence-electron chi connectivity index (χ1n) is 9.21. The van der Waals surface area contributed by atoms with Crippen LogP contribution in [0, 0.1) is 0 Å². The number of thioether (sulfide) groups is 1. The molecule has 0 unspecified atom stereocenters. The molecule has 2 aromatic heterocycles. The second-order valence-corrected chi connectivity index (χ2v) is 9.06. The predicted octanol–water partition coefficient (Wildman–Crippen LogP) is 3.89. The SMILES string of the molecule is C[C@H](Sc1nc(-c2ccccc2)cc(=O)[nH]1)C(=O)Nc1nc2c(s1)CCCC2. The van der Waals surface area contributed by atoms with E-state index in [9.17, 15) is 9.59 Å². The highest BCUT2D eigenvalue weighted by Crippen LogP contribution is 2.30. The smallest absolute Gasteiger partial charge is 0.252 e. The summed E-state index contributed by atoms with van der Waals surface area (Å²) in [4.78, 5) is 37.6. The van der Waals surface area contributed by atoms with Gasteiger partial charge in [-0.25, -0.2) is 9.97 Å². The van der Waals surface area contributed by atoms with Gasteiger partial charge in [-0.2, -0.15) is 0 Å². The van der Waals surface area contributed by atoms with E-state index in [4.69, 9.17) is 0 Å². The quantitative estimate of drug-likeness (QED) is 0.490. The number of rotatable bonds is 5. The van der Waals surface area contributed by atoms with Crippen LogP contribution in [0.1, 0.15) is 30.3 Å². The topological polar surface area (TPSA) is 87.7 Å². The predicted molar refractivity (Wildman–Crippen MR) is 113 cm³/mol. The van der Waals surface area contributed by atoms with Crippen molar-refractivity contribution in [3.63, 3.8) is 0 Å². The van der Waals surface area contributed by atoms with Crippen molar-refractivity contribution >= 4 is 34.1 Å². The van der Waals surface area contributed by atoms with Crippen LogP contribution in [0.25, 0.3) is 11.3 Å². The molecule has 3 aromatic rings. The van der Waals surface area contributed by atoms with Crippen LogP contribution in [0.2, 0.25) is 0 Å². The summed E-state index contributed by atoms with van der Waals surface area (Å²) in [6, 6.07) is 11.0. The van der Waals surface area contributed by atoms with Gasteiger partial charge in [0.05, 0.1) is 16.6 Å². The molecular formula is C20H20N4O2S2. The number of benzene rings is 1. The lowest BCUT2D eigenvalue weighted by atomic mass is 10.0. The van der Waals surface area contributed by atoms with E-state index in [1.165, 1.54) is 29.1 Å². The Bertz CT molecular complexity index is 1020. The highest BCUT2D eigenvalue weighted by molar-refractivity contribution is 8.00. The molecule has 0 saturated heterocycles. The summed E-state index contributed by atoms with van der Waals surface area (Å²) in [5.41, 5.74) is 2.33. The monoisotopic (exact) mass is 412 g/mol. The first-order valence-corrected chi connectivity index (χ1v) is 10.9. The molecule has 0 fully saturated rings. The fourth-order valence-corrected chi connectivity index (χ4v) is 4.95. The van der Waals surface area contributed by atoms with E-state index in [0.29, 0.717) is 16.0 Å². The maximum atomic E-state index is 12.6. The first-order chi connectivity index (χ1) is 13.6. The van der Waals surface area contributed by atoms with Crippen LogP contribution in [0.3, 0.4) is 0 Å². The minimum absolute atomic E-state index is 0.149. The number of fused-ring (bicyclic) bond motifs is 1. The zero-order chi connectivity index (χ0) is 19.5. The number of thiazole rings is 1. The van der Waals surface area contributed by atoms with Gasteiger partial charge >= 0.3 is 0 Å². The van der Waals surface area contributed by atoms with Crippen molar-refractivity contribution < 1.29 is 4.79 Å². The molecule has 0 radical (unpaired) electrons. The van der Waals surface area contributed by atoms with E-state index in [2.05, 4.69) is 20.3 Å². The number of carbonyl (C=O) groups is 1. The number of nitrogens with zero attached hydrogens (tertiary/aromatic N) is 2. The molecule has 0 aliphatic heterocycles. The third-order valence-corrected chi connectivity index (χ3v) is 6.58. The highest BCUT2D eigenvalue weighted by atomic mass is 32.2. The fourth-order valence-electron chi connectivity index (χ4n) is 3.08. The molecule has 1 amide bonds. The largest absolute Gasteiger partial charge is 0.301 e. The third kappa shape index (κ3) is 4.34. The summed E-state index contributed by atoms with van der Waals surface area (Å²) >= 11 is 2.79. The highest BCUT2D eigenvalue weighted by Gasteiger charge is 2.20. The maximum absolute atomic E-state index is 12.6. The van der Waals surface area contributed by atoms with Crippen molar-refractivity contribution in [2.75, 3.05) is 5.32 Å². The Kier molecular flexibility index (Phi) is 5.59. The Balaban J connectivity index is 1.46. The van der Waals surface area contributed by atoms with Gasteiger partial charge in [-0.15, -0.1) is 11.3 Å². The summed E-state index contributed by atoms with van der Waals surface area (Å²) in [7, 11) is 0. The van der Waals surface area contributed by atoms with Gasteiger partial charge in [0.25, 0.3) is 5.56 Å². The number of aromatic nitrogens is 3. The van der Waals surface area contributed by atoms with E-state index in [0.717, 1.165) is 30.5 Å². The molecule has 2 heterocycles. The molecule has 1 atom stereocenters. The number of anilines is 1. The van der Waals surface area contributed by atoms with E-state index in [-0.39, 0.29) is 11.5 Å². The molecule has 0 spiro atoms. The molecule has 0 saturated carbocycles. The molecule has 28 heavy (non-hydrogen) atoms. The van der Waals surface area contributed by atoms with Crippen molar-refractivity contribution in [2.24, 2.45) is 0 Å². The van der Waals surface area contributed by atoms with Gasteiger partial charge < -0.3 is 10.3 Å². The average molecular weight is 413 g/mol. The minimum atomic E-state index is -0.421. The molecule has 0 bridgehead atoms. The maximum Gasteiger partial charge on any atom is 0.252 e. The average Bonchev–Trinajstić information content (AvgIpc) is 3.10. The molecule has 2 N–H and O–H groups in total. The van der Waals surface area contributed by atoms with Gasteiger partial charge in [-0.1, -0.05) is 42.1 Å². The number of amides is 1. The summed E-state index contributed by atoms with van der Waals surface area (Å²) < 4.78 is 0. The molecular weight excluding hydrogens is 392 g/mol. The second kappa shape index (κ2) is 8.28. The number of aryl methyl sites for hydroxylation is 2. The van der Waals surface area contributed by atoms with Crippen LogP contribution in [0.5, 0.6) is 0 Å². The van der Waals surface area contributed by atoms with Gasteiger partial charge in [-0.05, 0) is 32.6 Å². The Hall–Kier alpha value is -2.45. The second-order valence-electron chi connectivity index (χ2n) is 6.65. The normalized spacial score (nSPS) is 14.3. The van der Waals surface area contributed by atoms with Crippen molar-refractivity contribution in [1.82, 2.24) is 15.0 Å². The lowest BCUT2D eigenvalue weighted by molar-refractivity contribution is -0.115. The molecule has 8 heteroatoms. The zero-order valence-corrected chi connectivity index (χ0v) is 17.0. The number of hydrogen-bond donors (Lipinski definition) is 2. The lowest BCUT2D eigenvalue weighted by Crippen LogP contribution is -2.23. The molecule has 1 aliphatic carbocycles. The summed E-state index contributed by atoms with van der Waals surface area (Å²) in [6.45, 7) is 1.79. The van der Waals surface area contributed by atoms with Crippen molar-refractivity contribution in [1.29, 1.82) is 0 Å². The van der Waals surface area contributed by atoms with E-state index in [1.807, 2.05) is 30.3 Å². The van der Waals surface area contributed by atoms with Crippen LogP contribution < -0.4 is 10.9 Å². The Morgan fingerprint density at radius 1 is 1.21 bits per heavy atom. The summed E-state index contributed by atoms with van der Waals surface area (Å²) in [6.07, 6.45) is 4.38. The van der Waals surface area contributed by atoms with Gasteiger partial charge in [0.2, 0.25) is 5.91 Å². The van der Waals surface area contributed by atoms with Crippen molar-refractivity contribution in [2.45, 2.75) is 43.0 Å². The van der Waals surface area contributed by atoms with E-state index >= 15 is 0 Å². The Morgan fingerprint density at radius 2 is 2.00 bits per heavy atom. The number of hydrogen-bond acceptors (Lipinski definition) is 6. The summed E-state index contributed by atoms with van der Waals surface area (Å²) in [5.74, 6) is -0.149.